The topological polar surface area (TPSA) is 29.5 Å². The number of aliphatic hydroxyl groups excluding tert-OH is 1. The van der Waals surface area contributed by atoms with Gasteiger partial charge in [0.1, 0.15) is 11.5 Å². The van der Waals surface area contributed by atoms with Gasteiger partial charge in [-0.25, -0.2) is 0 Å². The van der Waals surface area contributed by atoms with Crippen LogP contribution in [0.3, 0.4) is 0 Å². The van der Waals surface area contributed by atoms with Crippen LogP contribution in [0.2, 0.25) is 5.02 Å². The molecule has 0 bridgehead atoms. The molecule has 20 heavy (non-hydrogen) atoms. The molecule has 2 nitrogen and oxygen atoms in total. The molecule has 2 aromatic rings. The summed E-state index contributed by atoms with van der Waals surface area (Å²) in [5.74, 6) is 1.46. The van der Waals surface area contributed by atoms with Gasteiger partial charge in [0.2, 0.25) is 0 Å². The predicted molar refractivity (Wildman–Crippen MR) is 85.8 cm³/mol. The fraction of sp³-hybridized carbons (Fsp3) is 0.250. The van der Waals surface area contributed by atoms with Crippen LogP contribution in [-0.2, 0) is 0 Å². The van der Waals surface area contributed by atoms with Crippen LogP contribution in [0.25, 0.3) is 0 Å². The van der Waals surface area contributed by atoms with Crippen molar-refractivity contribution in [3.8, 4) is 11.5 Å². The molecule has 0 saturated carbocycles. The molecule has 0 fully saturated rings. The molecule has 2 rings (SSSR count). The Morgan fingerprint density at radius 3 is 2.20 bits per heavy atom. The van der Waals surface area contributed by atoms with E-state index in [1.54, 1.807) is 6.92 Å². The van der Waals surface area contributed by atoms with E-state index in [0.717, 1.165) is 31.9 Å². The maximum absolute atomic E-state index is 9.60. The first-order valence-electron chi connectivity index (χ1n) is 6.30. The zero-order valence-corrected chi connectivity index (χ0v) is 13.9. The molecule has 0 aromatic heterocycles. The first kappa shape index (κ1) is 15.4. The van der Waals surface area contributed by atoms with Crippen LogP contribution >= 0.6 is 27.5 Å². The number of rotatable bonds is 3. The lowest BCUT2D eigenvalue weighted by Gasteiger charge is -2.12. The Kier molecular flexibility index (Phi) is 4.74. The van der Waals surface area contributed by atoms with Gasteiger partial charge >= 0.3 is 0 Å². The Bertz CT molecular complexity index is 615. The van der Waals surface area contributed by atoms with E-state index in [1.165, 1.54) is 0 Å². The molecule has 2 aromatic carbocycles. The van der Waals surface area contributed by atoms with Crippen molar-refractivity contribution in [1.29, 1.82) is 0 Å². The summed E-state index contributed by atoms with van der Waals surface area (Å²) in [6, 6.07) is 9.35. The van der Waals surface area contributed by atoms with E-state index in [1.807, 2.05) is 44.2 Å². The maximum Gasteiger partial charge on any atom is 0.128 e. The minimum absolute atomic E-state index is 0.515. The highest BCUT2D eigenvalue weighted by Crippen LogP contribution is 2.32. The molecule has 0 saturated heterocycles. The van der Waals surface area contributed by atoms with E-state index in [4.69, 9.17) is 16.3 Å². The van der Waals surface area contributed by atoms with Crippen molar-refractivity contribution in [1.82, 2.24) is 0 Å². The highest BCUT2D eigenvalue weighted by molar-refractivity contribution is 9.10. The van der Waals surface area contributed by atoms with Gasteiger partial charge in [0.25, 0.3) is 0 Å². The Morgan fingerprint density at radius 2 is 1.70 bits per heavy atom. The van der Waals surface area contributed by atoms with Crippen molar-refractivity contribution >= 4 is 27.5 Å². The van der Waals surface area contributed by atoms with Crippen molar-refractivity contribution in [3.63, 3.8) is 0 Å². The standard InChI is InChI=1S/C16H16BrClO2/c1-9-6-13(7-10(2)16(9)18)20-12-4-5-14(11(3)19)15(17)8-12/h4-8,11,19H,1-3H3/t11-/m1/s1. The second-order valence-electron chi connectivity index (χ2n) is 4.83. The summed E-state index contributed by atoms with van der Waals surface area (Å²) in [6.07, 6.45) is -0.515. The number of hydrogen-bond donors (Lipinski definition) is 1. The van der Waals surface area contributed by atoms with Crippen molar-refractivity contribution in [2.24, 2.45) is 0 Å². The lowest BCUT2D eigenvalue weighted by atomic mass is 10.1. The SMILES string of the molecule is Cc1cc(Oc2ccc([C@@H](C)O)c(Br)c2)cc(C)c1Cl. The Hall–Kier alpha value is -1.03. The first-order valence-corrected chi connectivity index (χ1v) is 7.47. The second-order valence-corrected chi connectivity index (χ2v) is 6.06. The molecule has 1 N–H and O–H groups in total. The predicted octanol–water partition coefficient (Wildman–Crippen LogP) is 5.56. The van der Waals surface area contributed by atoms with Gasteiger partial charge < -0.3 is 9.84 Å². The third-order valence-corrected chi connectivity index (χ3v) is 4.35. The number of benzene rings is 2. The molecular formula is C16H16BrClO2. The quantitative estimate of drug-likeness (QED) is 0.780. The van der Waals surface area contributed by atoms with Gasteiger partial charge in [-0.3, -0.25) is 0 Å². The van der Waals surface area contributed by atoms with Gasteiger partial charge in [-0.05, 0) is 61.7 Å². The van der Waals surface area contributed by atoms with Crippen molar-refractivity contribution in [3.05, 3.63) is 56.5 Å². The summed E-state index contributed by atoms with van der Waals surface area (Å²) in [6.45, 7) is 5.63. The van der Waals surface area contributed by atoms with E-state index < -0.39 is 6.10 Å². The molecule has 0 heterocycles. The maximum atomic E-state index is 9.60. The van der Waals surface area contributed by atoms with E-state index in [0.29, 0.717) is 5.75 Å². The van der Waals surface area contributed by atoms with E-state index in [-0.39, 0.29) is 0 Å². The van der Waals surface area contributed by atoms with Gasteiger partial charge in [0.15, 0.2) is 0 Å². The van der Waals surface area contributed by atoms with Gasteiger partial charge in [0, 0.05) is 9.50 Å². The minimum atomic E-state index is -0.515. The molecule has 0 amide bonds. The fourth-order valence-electron chi connectivity index (χ4n) is 2.01. The number of ether oxygens (including phenoxy) is 1. The van der Waals surface area contributed by atoms with Crippen LogP contribution in [0.4, 0.5) is 0 Å². The van der Waals surface area contributed by atoms with E-state index >= 15 is 0 Å². The van der Waals surface area contributed by atoms with Crippen LogP contribution in [0, 0.1) is 13.8 Å². The van der Waals surface area contributed by atoms with Gasteiger partial charge in [0.05, 0.1) is 6.10 Å². The van der Waals surface area contributed by atoms with Gasteiger partial charge in [-0.1, -0.05) is 33.6 Å². The lowest BCUT2D eigenvalue weighted by Crippen LogP contribution is -1.93. The summed E-state index contributed by atoms with van der Waals surface area (Å²) >= 11 is 9.58. The Morgan fingerprint density at radius 1 is 1.10 bits per heavy atom. The monoisotopic (exact) mass is 354 g/mol. The van der Waals surface area contributed by atoms with Crippen molar-refractivity contribution < 1.29 is 9.84 Å². The molecule has 106 valence electrons. The van der Waals surface area contributed by atoms with Crippen molar-refractivity contribution in [2.75, 3.05) is 0 Å². The third kappa shape index (κ3) is 3.35. The number of aryl methyl sites for hydroxylation is 2. The number of hydrogen-bond acceptors (Lipinski definition) is 2. The summed E-state index contributed by atoms with van der Waals surface area (Å²) < 4.78 is 6.67. The summed E-state index contributed by atoms with van der Waals surface area (Å²) in [4.78, 5) is 0. The summed E-state index contributed by atoms with van der Waals surface area (Å²) in [7, 11) is 0. The highest BCUT2D eigenvalue weighted by atomic mass is 79.9. The van der Waals surface area contributed by atoms with Gasteiger partial charge in [-0.2, -0.15) is 0 Å². The molecule has 4 heteroatoms. The van der Waals surface area contributed by atoms with E-state index in [9.17, 15) is 5.11 Å². The van der Waals surface area contributed by atoms with Crippen LogP contribution in [-0.4, -0.2) is 5.11 Å². The normalized spacial score (nSPS) is 12.3. The zero-order valence-electron chi connectivity index (χ0n) is 11.6. The largest absolute Gasteiger partial charge is 0.457 e. The lowest BCUT2D eigenvalue weighted by molar-refractivity contribution is 0.198. The number of halogens is 2. The molecule has 0 aliphatic rings. The molecule has 0 unspecified atom stereocenters. The van der Waals surface area contributed by atoms with Crippen LogP contribution in [0.1, 0.15) is 29.7 Å². The Labute approximate surface area is 132 Å². The minimum Gasteiger partial charge on any atom is -0.457 e. The average Bonchev–Trinajstić information content (AvgIpc) is 2.35. The second kappa shape index (κ2) is 6.17. The summed E-state index contributed by atoms with van der Waals surface area (Å²) in [5, 5.41) is 10.4. The fourth-order valence-corrected chi connectivity index (χ4v) is 2.81. The zero-order chi connectivity index (χ0) is 14.9. The third-order valence-electron chi connectivity index (χ3n) is 3.07. The van der Waals surface area contributed by atoms with E-state index in [2.05, 4.69) is 15.9 Å². The van der Waals surface area contributed by atoms with Crippen molar-refractivity contribution in [2.45, 2.75) is 26.9 Å². The molecule has 0 spiro atoms. The first-order chi connectivity index (χ1) is 9.38. The summed E-state index contributed by atoms with van der Waals surface area (Å²) in [5.41, 5.74) is 2.81. The molecule has 0 aliphatic heterocycles. The molecule has 0 radical (unpaired) electrons. The average molecular weight is 356 g/mol. The van der Waals surface area contributed by atoms with Gasteiger partial charge in [-0.15, -0.1) is 0 Å². The Balaban J connectivity index is 2.29. The van der Waals surface area contributed by atoms with Crippen LogP contribution in [0.15, 0.2) is 34.8 Å². The number of aliphatic hydroxyl groups is 1. The molecule has 1 atom stereocenters. The van der Waals surface area contributed by atoms with Crippen LogP contribution in [0.5, 0.6) is 11.5 Å². The molecular weight excluding hydrogens is 340 g/mol. The smallest absolute Gasteiger partial charge is 0.128 e. The highest BCUT2D eigenvalue weighted by Gasteiger charge is 2.09. The van der Waals surface area contributed by atoms with Crippen LogP contribution < -0.4 is 4.74 Å². The molecule has 0 aliphatic carbocycles.